The summed E-state index contributed by atoms with van der Waals surface area (Å²) in [4.78, 5) is 29.2. The molecule has 2 N–H and O–H groups in total. The van der Waals surface area contributed by atoms with Gasteiger partial charge in [-0.25, -0.2) is 13.8 Å². The first-order valence-corrected chi connectivity index (χ1v) is 10.4. The number of furan rings is 1. The molecule has 4 rings (SSSR count). The average molecular weight is 452 g/mol. The molecule has 0 aliphatic carbocycles. The zero-order valence-corrected chi connectivity index (χ0v) is 18.0. The van der Waals surface area contributed by atoms with Gasteiger partial charge in [-0.2, -0.15) is 0 Å². The molecule has 2 heterocycles. The zero-order valence-electron chi connectivity index (χ0n) is 18.0. The summed E-state index contributed by atoms with van der Waals surface area (Å²) in [6.07, 6.45) is 2.84. The maximum Gasteiger partial charge on any atom is 0.291 e. The van der Waals surface area contributed by atoms with E-state index in [9.17, 15) is 18.4 Å². The number of nitrogens with zero attached hydrogens (tertiary/aromatic N) is 2. The number of hydrogen-bond acceptors (Lipinski definition) is 4. The molecule has 2 aromatic carbocycles. The molecule has 1 atom stereocenters. The second-order valence-electron chi connectivity index (χ2n) is 7.94. The van der Waals surface area contributed by atoms with Crippen molar-refractivity contribution in [3.8, 4) is 0 Å². The highest BCUT2D eigenvalue weighted by Gasteiger charge is 2.26. The topological polar surface area (TPSA) is 89.2 Å². The number of benzene rings is 2. The van der Waals surface area contributed by atoms with Crippen molar-refractivity contribution in [1.82, 2.24) is 14.9 Å². The number of anilines is 1. The minimum atomic E-state index is -0.994. The Morgan fingerprint density at radius 3 is 2.48 bits per heavy atom. The molecule has 0 saturated heterocycles. The van der Waals surface area contributed by atoms with Crippen LogP contribution < -0.4 is 10.6 Å². The number of aromatic nitrogens is 2. The number of carbonyl (C=O) groups excluding carboxylic acids is 2. The van der Waals surface area contributed by atoms with Crippen molar-refractivity contribution in [2.45, 2.75) is 26.4 Å². The van der Waals surface area contributed by atoms with Crippen LogP contribution in [0.4, 0.5) is 14.5 Å². The lowest BCUT2D eigenvalue weighted by Crippen LogP contribution is -2.34. The summed E-state index contributed by atoms with van der Waals surface area (Å²) in [5.41, 5.74) is 2.04. The number of halogens is 2. The largest absolute Gasteiger partial charge is 0.459 e. The van der Waals surface area contributed by atoms with Gasteiger partial charge in [-0.15, -0.1) is 0 Å². The first kappa shape index (κ1) is 22.2. The molecule has 9 heteroatoms. The van der Waals surface area contributed by atoms with Gasteiger partial charge in [0.05, 0.1) is 23.6 Å². The number of amides is 2. The number of imidazole rings is 1. The van der Waals surface area contributed by atoms with E-state index in [1.807, 2.05) is 13.8 Å². The van der Waals surface area contributed by atoms with Crippen molar-refractivity contribution >= 4 is 28.5 Å². The first-order valence-electron chi connectivity index (χ1n) is 10.4. The fourth-order valence-electron chi connectivity index (χ4n) is 3.59. The van der Waals surface area contributed by atoms with Gasteiger partial charge in [0.2, 0.25) is 5.91 Å². The lowest BCUT2D eigenvalue weighted by molar-refractivity contribution is -0.125. The number of hydrogen-bond donors (Lipinski definition) is 2. The minimum Gasteiger partial charge on any atom is -0.459 e. The molecule has 0 radical (unpaired) electrons. The highest BCUT2D eigenvalue weighted by molar-refractivity contribution is 6.02. The summed E-state index contributed by atoms with van der Waals surface area (Å²) in [5.74, 6) is -2.53. The van der Waals surface area contributed by atoms with Gasteiger partial charge < -0.3 is 19.6 Å². The Balaban J connectivity index is 1.43. The summed E-state index contributed by atoms with van der Waals surface area (Å²) < 4.78 is 33.9. The third kappa shape index (κ3) is 4.77. The van der Waals surface area contributed by atoms with Gasteiger partial charge in [0.25, 0.3) is 5.91 Å². The molecule has 33 heavy (non-hydrogen) atoms. The van der Waals surface area contributed by atoms with E-state index in [4.69, 9.17) is 4.42 Å². The van der Waals surface area contributed by atoms with Crippen LogP contribution in [-0.2, 0) is 11.3 Å². The summed E-state index contributed by atoms with van der Waals surface area (Å²) >= 11 is 0. The summed E-state index contributed by atoms with van der Waals surface area (Å²) in [5, 5.41) is 5.61. The van der Waals surface area contributed by atoms with Gasteiger partial charge in [0.1, 0.15) is 6.04 Å². The minimum absolute atomic E-state index is 0.130. The maximum absolute atomic E-state index is 13.8. The van der Waals surface area contributed by atoms with Gasteiger partial charge >= 0.3 is 0 Å². The van der Waals surface area contributed by atoms with Crippen LogP contribution in [0.1, 0.15) is 36.0 Å². The lowest BCUT2D eigenvalue weighted by atomic mass is 10.0. The Kier molecular flexibility index (Phi) is 6.21. The Bertz CT molecular complexity index is 1280. The number of carbonyl (C=O) groups is 2. The van der Waals surface area contributed by atoms with E-state index in [-0.39, 0.29) is 35.6 Å². The number of nitrogens with one attached hydrogen (secondary N) is 2. The molecule has 2 amide bonds. The predicted molar refractivity (Wildman–Crippen MR) is 118 cm³/mol. The van der Waals surface area contributed by atoms with Gasteiger partial charge in [-0.1, -0.05) is 26.0 Å². The van der Waals surface area contributed by atoms with Crippen molar-refractivity contribution in [2.75, 3.05) is 5.32 Å². The fourth-order valence-corrected chi connectivity index (χ4v) is 3.59. The maximum atomic E-state index is 13.8. The molecule has 7 nitrogen and oxygen atoms in total. The zero-order chi connectivity index (χ0) is 23.5. The van der Waals surface area contributed by atoms with E-state index < -0.39 is 17.7 Å². The molecular weight excluding hydrogens is 430 g/mol. The number of rotatable bonds is 7. The van der Waals surface area contributed by atoms with Gasteiger partial charge in [-0.05, 0) is 35.7 Å². The lowest BCUT2D eigenvalue weighted by Gasteiger charge is -2.22. The van der Waals surface area contributed by atoms with E-state index in [1.165, 1.54) is 12.6 Å². The van der Waals surface area contributed by atoms with Crippen molar-refractivity contribution < 1.29 is 22.8 Å². The molecule has 0 spiro atoms. The van der Waals surface area contributed by atoms with Crippen LogP contribution in [0.25, 0.3) is 11.0 Å². The number of fused-ring (bicyclic) bond motifs is 1. The molecule has 0 fully saturated rings. The van der Waals surface area contributed by atoms with Crippen molar-refractivity contribution in [3.63, 3.8) is 0 Å². The standard InChI is InChI=1S/C24H22F2N4O3/c1-14(2)22(30-13-28-19-10-17(25)18(26)11-20(19)30)24(32)27-12-15-5-7-16(8-6-15)29-23(31)21-4-3-9-33-21/h3-11,13-14,22H,12H2,1-2H3,(H,27,32)(H,29,31). The third-order valence-corrected chi connectivity index (χ3v) is 5.24. The van der Waals surface area contributed by atoms with E-state index in [0.29, 0.717) is 11.2 Å². The van der Waals surface area contributed by atoms with Crippen LogP contribution in [0.5, 0.6) is 0 Å². The highest BCUT2D eigenvalue weighted by Crippen LogP contribution is 2.25. The third-order valence-electron chi connectivity index (χ3n) is 5.24. The van der Waals surface area contributed by atoms with Crippen molar-refractivity contribution in [1.29, 1.82) is 0 Å². The van der Waals surface area contributed by atoms with E-state index in [1.54, 1.807) is 41.0 Å². The second-order valence-corrected chi connectivity index (χ2v) is 7.94. The average Bonchev–Trinajstić information content (AvgIpc) is 3.45. The Hall–Kier alpha value is -4.01. The van der Waals surface area contributed by atoms with Crippen LogP contribution in [0.15, 0.2) is 65.5 Å². The Labute approximate surface area is 188 Å². The van der Waals surface area contributed by atoms with Gasteiger partial charge in [0, 0.05) is 24.4 Å². The fraction of sp³-hybridized carbons (Fsp3) is 0.208. The molecule has 0 saturated carbocycles. The SMILES string of the molecule is CC(C)C(C(=O)NCc1ccc(NC(=O)c2ccco2)cc1)n1cnc2cc(F)c(F)cc21. The normalized spacial score (nSPS) is 12.2. The summed E-state index contributed by atoms with van der Waals surface area (Å²) in [7, 11) is 0. The Morgan fingerprint density at radius 1 is 1.09 bits per heavy atom. The quantitative estimate of drug-likeness (QED) is 0.426. The molecule has 0 bridgehead atoms. The van der Waals surface area contributed by atoms with Crippen LogP contribution >= 0.6 is 0 Å². The molecular formula is C24H22F2N4O3. The highest BCUT2D eigenvalue weighted by atomic mass is 19.2. The van der Waals surface area contributed by atoms with Gasteiger partial charge in [0.15, 0.2) is 17.4 Å². The Morgan fingerprint density at radius 2 is 1.82 bits per heavy atom. The molecule has 170 valence electrons. The molecule has 4 aromatic rings. The molecule has 1 unspecified atom stereocenters. The smallest absolute Gasteiger partial charge is 0.291 e. The summed E-state index contributed by atoms with van der Waals surface area (Å²) in [6, 6.07) is 11.6. The predicted octanol–water partition coefficient (Wildman–Crippen LogP) is 4.67. The van der Waals surface area contributed by atoms with Crippen LogP contribution in [0.3, 0.4) is 0 Å². The second kappa shape index (κ2) is 9.23. The van der Waals surface area contributed by atoms with Crippen molar-refractivity contribution in [2.24, 2.45) is 5.92 Å². The molecule has 0 aliphatic rings. The molecule has 0 aliphatic heterocycles. The van der Waals surface area contributed by atoms with E-state index >= 15 is 0 Å². The first-order chi connectivity index (χ1) is 15.8. The summed E-state index contributed by atoms with van der Waals surface area (Å²) in [6.45, 7) is 3.99. The molecule has 2 aromatic heterocycles. The van der Waals surface area contributed by atoms with Crippen LogP contribution in [-0.4, -0.2) is 21.4 Å². The van der Waals surface area contributed by atoms with Crippen molar-refractivity contribution in [3.05, 3.63) is 84.1 Å². The van der Waals surface area contributed by atoms with E-state index in [2.05, 4.69) is 15.6 Å². The van der Waals surface area contributed by atoms with E-state index in [0.717, 1.165) is 17.7 Å². The van der Waals surface area contributed by atoms with Crippen LogP contribution in [0.2, 0.25) is 0 Å². The van der Waals surface area contributed by atoms with Crippen LogP contribution in [0, 0.1) is 17.6 Å². The van der Waals surface area contributed by atoms with Gasteiger partial charge in [-0.3, -0.25) is 9.59 Å². The monoisotopic (exact) mass is 452 g/mol.